The lowest BCUT2D eigenvalue weighted by molar-refractivity contribution is 0.102. The van der Waals surface area contributed by atoms with Crippen LogP contribution in [0.1, 0.15) is 41.4 Å². The van der Waals surface area contributed by atoms with Gasteiger partial charge in [0.2, 0.25) is 0 Å². The van der Waals surface area contributed by atoms with Crippen LogP contribution in [0.4, 0.5) is 5.69 Å². The Kier molecular flexibility index (Phi) is 4.24. The number of rotatable bonds is 4. The number of fused-ring (bicyclic) bond motifs is 1. The summed E-state index contributed by atoms with van der Waals surface area (Å²) in [4.78, 5) is 17.0. The SMILES string of the molecule is Cc1cnc(-n2ncc3ccc(NC(=O)c4ccccc4C(C)C)cc32)o1. The first kappa shape index (κ1) is 17.0. The van der Waals surface area contributed by atoms with Crippen molar-refractivity contribution in [2.75, 3.05) is 5.32 Å². The summed E-state index contributed by atoms with van der Waals surface area (Å²) in [6.45, 7) is 5.99. The van der Waals surface area contributed by atoms with Crippen LogP contribution in [0.2, 0.25) is 0 Å². The Morgan fingerprint density at radius 1 is 1.15 bits per heavy atom. The second-order valence-electron chi connectivity index (χ2n) is 6.78. The first-order chi connectivity index (χ1) is 13.0. The van der Waals surface area contributed by atoms with Gasteiger partial charge < -0.3 is 9.73 Å². The van der Waals surface area contributed by atoms with E-state index in [1.807, 2.05) is 49.4 Å². The second kappa shape index (κ2) is 6.72. The Hall–Kier alpha value is -3.41. The molecule has 0 aliphatic carbocycles. The third kappa shape index (κ3) is 3.21. The van der Waals surface area contributed by atoms with Gasteiger partial charge in [-0.2, -0.15) is 14.8 Å². The van der Waals surface area contributed by atoms with Crippen LogP contribution in [0.15, 0.2) is 59.3 Å². The average Bonchev–Trinajstić information content (AvgIpc) is 3.27. The van der Waals surface area contributed by atoms with Crippen molar-refractivity contribution in [1.29, 1.82) is 0 Å². The minimum absolute atomic E-state index is 0.128. The van der Waals surface area contributed by atoms with E-state index in [0.717, 1.165) is 16.5 Å². The highest BCUT2D eigenvalue weighted by molar-refractivity contribution is 6.06. The summed E-state index contributed by atoms with van der Waals surface area (Å²) < 4.78 is 7.20. The number of nitrogens with one attached hydrogen (secondary N) is 1. The van der Waals surface area contributed by atoms with E-state index in [-0.39, 0.29) is 11.8 Å². The van der Waals surface area contributed by atoms with Gasteiger partial charge >= 0.3 is 6.01 Å². The number of hydrogen-bond donors (Lipinski definition) is 1. The molecule has 4 aromatic rings. The molecule has 0 saturated heterocycles. The first-order valence-corrected chi connectivity index (χ1v) is 8.84. The topological polar surface area (TPSA) is 73.0 Å². The number of aryl methyl sites for hydroxylation is 1. The van der Waals surface area contributed by atoms with Gasteiger partial charge in [-0.15, -0.1) is 0 Å². The fourth-order valence-electron chi connectivity index (χ4n) is 3.10. The van der Waals surface area contributed by atoms with Crippen molar-refractivity contribution in [3.63, 3.8) is 0 Å². The Morgan fingerprint density at radius 2 is 1.96 bits per heavy atom. The molecule has 0 saturated carbocycles. The van der Waals surface area contributed by atoms with E-state index in [9.17, 15) is 4.79 Å². The number of amides is 1. The molecule has 136 valence electrons. The van der Waals surface area contributed by atoms with Crippen molar-refractivity contribution in [3.05, 3.63) is 71.7 Å². The maximum Gasteiger partial charge on any atom is 0.323 e. The fourth-order valence-corrected chi connectivity index (χ4v) is 3.10. The monoisotopic (exact) mass is 360 g/mol. The molecule has 2 aromatic carbocycles. The van der Waals surface area contributed by atoms with Crippen LogP contribution in [-0.4, -0.2) is 20.7 Å². The largest absolute Gasteiger partial charge is 0.427 e. The van der Waals surface area contributed by atoms with Crippen molar-refractivity contribution in [3.8, 4) is 6.01 Å². The highest BCUT2D eigenvalue weighted by Gasteiger charge is 2.15. The van der Waals surface area contributed by atoms with E-state index in [1.54, 1.807) is 17.1 Å². The van der Waals surface area contributed by atoms with Gasteiger partial charge in [0.1, 0.15) is 5.76 Å². The van der Waals surface area contributed by atoms with Gasteiger partial charge in [-0.1, -0.05) is 32.0 Å². The average molecular weight is 360 g/mol. The summed E-state index contributed by atoms with van der Waals surface area (Å²) in [5.41, 5.74) is 3.21. The molecular formula is C21H20N4O2. The van der Waals surface area contributed by atoms with Gasteiger partial charge in [-0.25, -0.2) is 0 Å². The molecule has 1 N–H and O–H groups in total. The van der Waals surface area contributed by atoms with Gasteiger partial charge in [0.05, 0.1) is 17.9 Å². The molecule has 0 bridgehead atoms. The highest BCUT2D eigenvalue weighted by Crippen LogP contribution is 2.24. The van der Waals surface area contributed by atoms with Crippen LogP contribution in [0.5, 0.6) is 0 Å². The Labute approximate surface area is 156 Å². The highest BCUT2D eigenvalue weighted by atomic mass is 16.4. The summed E-state index contributed by atoms with van der Waals surface area (Å²) in [5.74, 6) is 0.851. The summed E-state index contributed by atoms with van der Waals surface area (Å²) in [7, 11) is 0. The normalized spacial score (nSPS) is 11.3. The summed E-state index contributed by atoms with van der Waals surface area (Å²) in [6.07, 6.45) is 3.39. The van der Waals surface area contributed by atoms with Crippen LogP contribution in [-0.2, 0) is 0 Å². The van der Waals surface area contributed by atoms with Crippen LogP contribution < -0.4 is 5.32 Å². The molecule has 0 atom stereocenters. The Bertz CT molecular complexity index is 1120. The zero-order valence-corrected chi connectivity index (χ0v) is 15.4. The fraction of sp³-hybridized carbons (Fsp3) is 0.190. The van der Waals surface area contributed by atoms with Crippen molar-refractivity contribution in [1.82, 2.24) is 14.8 Å². The number of hydrogen-bond acceptors (Lipinski definition) is 4. The van der Waals surface area contributed by atoms with Gasteiger partial charge in [0.25, 0.3) is 5.91 Å². The molecule has 6 nitrogen and oxygen atoms in total. The lowest BCUT2D eigenvalue weighted by atomic mass is 9.97. The molecular weight excluding hydrogens is 340 g/mol. The Balaban J connectivity index is 1.68. The van der Waals surface area contributed by atoms with Gasteiger partial charge in [-0.05, 0) is 42.7 Å². The number of nitrogens with zero attached hydrogens (tertiary/aromatic N) is 3. The van der Waals surface area contributed by atoms with E-state index < -0.39 is 0 Å². The van der Waals surface area contributed by atoms with E-state index in [1.165, 1.54) is 0 Å². The summed E-state index contributed by atoms with van der Waals surface area (Å²) in [6, 6.07) is 13.7. The molecule has 2 aromatic heterocycles. The van der Waals surface area contributed by atoms with Crippen LogP contribution >= 0.6 is 0 Å². The van der Waals surface area contributed by atoms with Crippen molar-refractivity contribution < 1.29 is 9.21 Å². The molecule has 1 amide bonds. The van der Waals surface area contributed by atoms with Crippen molar-refractivity contribution >= 4 is 22.5 Å². The molecule has 0 fully saturated rings. The summed E-state index contributed by atoms with van der Waals surface area (Å²) in [5, 5.41) is 8.27. The quantitative estimate of drug-likeness (QED) is 0.573. The number of carbonyl (C=O) groups is 1. The first-order valence-electron chi connectivity index (χ1n) is 8.84. The van der Waals surface area contributed by atoms with E-state index in [0.29, 0.717) is 23.0 Å². The van der Waals surface area contributed by atoms with Crippen molar-refractivity contribution in [2.24, 2.45) is 0 Å². The lowest BCUT2D eigenvalue weighted by Gasteiger charge is -2.12. The Morgan fingerprint density at radius 3 is 2.70 bits per heavy atom. The minimum atomic E-state index is -0.128. The van der Waals surface area contributed by atoms with Gasteiger partial charge in [0.15, 0.2) is 0 Å². The number of benzene rings is 2. The summed E-state index contributed by atoms with van der Waals surface area (Å²) >= 11 is 0. The predicted octanol–water partition coefficient (Wildman–Crippen LogP) is 4.70. The molecule has 0 radical (unpaired) electrons. The lowest BCUT2D eigenvalue weighted by Crippen LogP contribution is -2.14. The zero-order chi connectivity index (χ0) is 19.0. The minimum Gasteiger partial charge on any atom is -0.427 e. The van der Waals surface area contributed by atoms with E-state index >= 15 is 0 Å². The standard InChI is InChI=1S/C21H20N4O2/c1-13(2)17-6-4-5-7-18(17)20(26)24-16-9-8-15-12-23-25(19(15)10-16)21-22-11-14(3)27-21/h4-13H,1-3H3,(H,24,26). The van der Waals surface area contributed by atoms with Crippen LogP contribution in [0, 0.1) is 6.92 Å². The molecule has 2 heterocycles. The smallest absolute Gasteiger partial charge is 0.323 e. The molecule has 0 spiro atoms. The van der Waals surface area contributed by atoms with Crippen LogP contribution in [0.25, 0.3) is 16.9 Å². The number of oxazole rings is 1. The number of aromatic nitrogens is 3. The number of carbonyl (C=O) groups excluding carboxylic acids is 1. The van der Waals surface area contributed by atoms with Gasteiger partial charge in [-0.3, -0.25) is 4.79 Å². The maximum absolute atomic E-state index is 12.8. The maximum atomic E-state index is 12.8. The van der Waals surface area contributed by atoms with E-state index in [2.05, 4.69) is 29.2 Å². The molecule has 0 aliphatic heterocycles. The third-order valence-corrected chi connectivity index (χ3v) is 4.45. The molecule has 6 heteroatoms. The third-order valence-electron chi connectivity index (χ3n) is 4.45. The van der Waals surface area contributed by atoms with E-state index in [4.69, 9.17) is 4.42 Å². The second-order valence-corrected chi connectivity index (χ2v) is 6.78. The zero-order valence-electron chi connectivity index (χ0n) is 15.4. The molecule has 4 rings (SSSR count). The van der Waals surface area contributed by atoms with Crippen LogP contribution in [0.3, 0.4) is 0 Å². The molecule has 0 unspecified atom stereocenters. The molecule has 0 aliphatic rings. The number of anilines is 1. The molecule has 27 heavy (non-hydrogen) atoms. The van der Waals surface area contributed by atoms with Gasteiger partial charge in [0, 0.05) is 16.6 Å². The van der Waals surface area contributed by atoms with Crippen molar-refractivity contribution in [2.45, 2.75) is 26.7 Å². The predicted molar refractivity (Wildman–Crippen MR) is 104 cm³/mol.